The van der Waals surface area contributed by atoms with Crippen LogP contribution in [0.25, 0.3) is 22.5 Å². The highest BCUT2D eigenvalue weighted by Crippen LogP contribution is 2.25. The molecule has 0 aliphatic heterocycles. The van der Waals surface area contributed by atoms with E-state index in [1.54, 1.807) is 41.9 Å². The van der Waals surface area contributed by atoms with Crippen molar-refractivity contribution in [3.05, 3.63) is 93.1 Å². The summed E-state index contributed by atoms with van der Waals surface area (Å²) in [5.41, 5.74) is 3.61. The quantitative estimate of drug-likeness (QED) is 0.0917. The van der Waals surface area contributed by atoms with Gasteiger partial charge in [-0.3, -0.25) is 0 Å². The van der Waals surface area contributed by atoms with Crippen LogP contribution in [-0.4, -0.2) is 37.0 Å². The van der Waals surface area contributed by atoms with Gasteiger partial charge < -0.3 is 9.84 Å². The highest BCUT2D eigenvalue weighted by molar-refractivity contribution is 9.09. The van der Waals surface area contributed by atoms with Crippen LogP contribution in [0.1, 0.15) is 17.2 Å². The molecule has 0 bridgehead atoms. The number of halogens is 3. The Morgan fingerprint density at radius 3 is 1.83 bits per heavy atom. The van der Waals surface area contributed by atoms with Gasteiger partial charge in [-0.05, 0) is 47.5 Å². The molecule has 0 spiro atoms. The maximum atomic E-state index is 8.90. The molecule has 0 amide bonds. The highest BCUT2D eigenvalue weighted by Gasteiger charge is 2.05. The van der Waals surface area contributed by atoms with Crippen molar-refractivity contribution in [3.8, 4) is 22.5 Å². The summed E-state index contributed by atoms with van der Waals surface area (Å²) < 4.78 is 5.38. The van der Waals surface area contributed by atoms with Crippen LogP contribution in [0.4, 0.5) is 0 Å². The number of hydrogen-bond acceptors (Lipinski definition) is 8. The summed E-state index contributed by atoms with van der Waals surface area (Å²) >= 11 is 17.7. The van der Waals surface area contributed by atoms with Crippen molar-refractivity contribution < 1.29 is 9.84 Å². The van der Waals surface area contributed by atoms with E-state index in [1.165, 1.54) is 11.3 Å². The Bertz CT molecular complexity index is 1200. The molecule has 192 valence electrons. The monoisotopic (exact) mass is 628 g/mol. The summed E-state index contributed by atoms with van der Waals surface area (Å²) in [7, 11) is 0. The Labute approximate surface area is 238 Å². The van der Waals surface area contributed by atoms with Crippen LogP contribution in [0.15, 0.2) is 72.7 Å². The minimum Gasteiger partial charge on any atom is -0.391 e. The lowest BCUT2D eigenvalue weighted by Crippen LogP contribution is -1.89. The van der Waals surface area contributed by atoms with Crippen LogP contribution < -0.4 is 0 Å². The van der Waals surface area contributed by atoms with Crippen molar-refractivity contribution in [2.75, 3.05) is 11.9 Å². The number of hydrogen-bond donors (Lipinski definition) is 1. The molecule has 1 N–H and O–H groups in total. The average molecular weight is 630 g/mol. The summed E-state index contributed by atoms with van der Waals surface area (Å²) in [4.78, 5) is 17.9. The number of aliphatic hydroxyl groups excluding tert-OH is 1. The van der Waals surface area contributed by atoms with E-state index in [2.05, 4.69) is 49.0 Å². The third-order valence-corrected chi connectivity index (χ3v) is 6.55. The summed E-state index contributed by atoms with van der Waals surface area (Å²) in [6.07, 6.45) is 6.79. The van der Waals surface area contributed by atoms with Crippen LogP contribution in [0.3, 0.4) is 0 Å². The van der Waals surface area contributed by atoms with Crippen LogP contribution in [0.2, 0.25) is 10.6 Å². The average Bonchev–Trinajstić information content (AvgIpc) is 3.55. The van der Waals surface area contributed by atoms with E-state index in [0.29, 0.717) is 13.2 Å². The molecule has 4 aromatic rings. The largest absolute Gasteiger partial charge is 0.391 e. The number of ether oxygens (including phenoxy) is 1. The molecule has 0 aromatic carbocycles. The van der Waals surface area contributed by atoms with E-state index in [9.17, 15) is 0 Å². The maximum absolute atomic E-state index is 8.90. The Morgan fingerprint density at radius 1 is 0.917 bits per heavy atom. The Balaban J connectivity index is 0.000000310. The molecule has 0 unspecified atom stereocenters. The first-order chi connectivity index (χ1) is 17.0. The number of alkyl halides is 1. The number of thiophene rings is 2. The summed E-state index contributed by atoms with van der Waals surface area (Å²) in [6, 6.07) is 7.56. The lowest BCUT2D eigenvalue weighted by atomic mass is 10.2. The third-order valence-electron chi connectivity index (χ3n) is 3.90. The van der Waals surface area contributed by atoms with Gasteiger partial charge in [0.15, 0.2) is 0 Å². The van der Waals surface area contributed by atoms with Crippen LogP contribution in [0, 0.1) is 0 Å². The van der Waals surface area contributed by atoms with Gasteiger partial charge in [0.2, 0.25) is 10.6 Å². The van der Waals surface area contributed by atoms with Gasteiger partial charge in [0.25, 0.3) is 0 Å². The van der Waals surface area contributed by atoms with Gasteiger partial charge in [0.1, 0.15) is 0 Å². The molecule has 0 saturated heterocycles. The normalized spacial score (nSPS) is 9.67. The molecule has 0 atom stereocenters. The zero-order valence-electron chi connectivity index (χ0n) is 18.6. The van der Waals surface area contributed by atoms with E-state index >= 15 is 0 Å². The molecule has 6 nitrogen and oxygen atoms in total. The van der Waals surface area contributed by atoms with Crippen molar-refractivity contribution in [1.82, 2.24) is 19.9 Å². The number of nitrogens with zero attached hydrogens (tertiary/aromatic N) is 4. The molecule has 11 heteroatoms. The van der Waals surface area contributed by atoms with Gasteiger partial charge in [0, 0.05) is 49.4 Å². The fraction of sp³-hybridized carbons (Fsp3) is 0.200. The number of aliphatic hydroxyl groups is 1. The maximum Gasteiger partial charge on any atom is 0.222 e. The molecule has 0 aliphatic rings. The van der Waals surface area contributed by atoms with Gasteiger partial charge >= 0.3 is 0 Å². The molecular weight excluding hydrogens is 603 g/mol. The van der Waals surface area contributed by atoms with E-state index in [0.717, 1.165) is 37.6 Å². The van der Waals surface area contributed by atoms with Crippen LogP contribution in [0.5, 0.6) is 0 Å². The topological polar surface area (TPSA) is 81.0 Å². The summed E-state index contributed by atoms with van der Waals surface area (Å²) in [5, 5.41) is 14.3. The van der Waals surface area contributed by atoms with Gasteiger partial charge in [0.05, 0.1) is 31.2 Å². The second-order valence-electron chi connectivity index (χ2n) is 6.43. The molecule has 0 aliphatic carbocycles. The van der Waals surface area contributed by atoms with E-state index in [1.807, 2.05) is 29.0 Å². The molecule has 0 radical (unpaired) electrons. The molecule has 0 fully saturated rings. The SMILES string of the molecule is C.C=CCBr.C=CCOCc1cc(-c2ccnc(Cl)n2)cs1.OCc1cc(-c2ccnc(Cl)n2)cs1. The number of aromatic nitrogens is 4. The first kappa shape index (κ1) is 32.0. The van der Waals surface area contributed by atoms with Crippen molar-refractivity contribution in [1.29, 1.82) is 0 Å². The zero-order valence-corrected chi connectivity index (χ0v) is 23.3. The van der Waals surface area contributed by atoms with Crippen molar-refractivity contribution >= 4 is 61.8 Å². The molecule has 0 saturated carbocycles. The second-order valence-corrected chi connectivity index (χ2v) is 9.75. The fourth-order valence-corrected chi connectivity index (χ4v) is 4.27. The molecule has 4 rings (SSSR count). The zero-order chi connectivity index (χ0) is 25.5. The van der Waals surface area contributed by atoms with Gasteiger partial charge in [-0.15, -0.1) is 35.8 Å². The van der Waals surface area contributed by atoms with E-state index < -0.39 is 0 Å². The third kappa shape index (κ3) is 11.4. The Morgan fingerprint density at radius 2 is 1.42 bits per heavy atom. The van der Waals surface area contributed by atoms with Crippen LogP contribution in [-0.2, 0) is 18.0 Å². The van der Waals surface area contributed by atoms with E-state index in [4.69, 9.17) is 33.0 Å². The molecule has 36 heavy (non-hydrogen) atoms. The summed E-state index contributed by atoms with van der Waals surface area (Å²) in [6.45, 7) is 8.25. The predicted octanol–water partition coefficient (Wildman–Crippen LogP) is 8.12. The number of rotatable bonds is 8. The Kier molecular flexibility index (Phi) is 16.3. The lowest BCUT2D eigenvalue weighted by Gasteiger charge is -1.97. The van der Waals surface area contributed by atoms with E-state index in [-0.39, 0.29) is 24.6 Å². The second kappa shape index (κ2) is 18.3. The lowest BCUT2D eigenvalue weighted by molar-refractivity contribution is 0.151. The van der Waals surface area contributed by atoms with Gasteiger partial charge in [-0.25, -0.2) is 19.9 Å². The fourth-order valence-electron chi connectivity index (χ4n) is 2.42. The van der Waals surface area contributed by atoms with Crippen molar-refractivity contribution in [3.63, 3.8) is 0 Å². The molecular formula is C25H27BrCl2N4O2S2. The first-order valence-corrected chi connectivity index (χ1v) is 13.7. The van der Waals surface area contributed by atoms with Crippen LogP contribution >= 0.6 is 61.8 Å². The van der Waals surface area contributed by atoms with Crippen molar-refractivity contribution in [2.24, 2.45) is 0 Å². The van der Waals surface area contributed by atoms with Crippen molar-refractivity contribution in [2.45, 2.75) is 20.6 Å². The molecule has 4 aromatic heterocycles. The minimum absolute atomic E-state index is 0. The Hall–Kier alpha value is -1.98. The minimum atomic E-state index is 0. The first-order valence-electron chi connectivity index (χ1n) is 10.1. The smallest absolute Gasteiger partial charge is 0.222 e. The highest BCUT2D eigenvalue weighted by atomic mass is 79.9. The predicted molar refractivity (Wildman–Crippen MR) is 157 cm³/mol. The molecule has 4 heterocycles. The summed E-state index contributed by atoms with van der Waals surface area (Å²) in [5.74, 6) is 0. The van der Waals surface area contributed by atoms with Gasteiger partial charge in [-0.1, -0.05) is 35.5 Å². The standard InChI is InChI=1S/C12H11ClN2OS.C9H7ClN2OS.C3H5Br.CH4/c1-2-5-16-7-10-6-9(8-17-10)11-3-4-14-12(13)15-11;10-9-11-2-1-8(12-9)6-3-7(4-13)14-5-6;1-2-3-4;/h2-4,6,8H,1,5,7H2;1-3,5,13H,4H2;2H,1,3H2;1H4. The van der Waals surface area contributed by atoms with Gasteiger partial charge in [-0.2, -0.15) is 0 Å². The number of allylic oxidation sites excluding steroid dienone is 1.